The number of esters is 1. The summed E-state index contributed by atoms with van der Waals surface area (Å²) < 4.78 is 10.6. The molecule has 0 spiro atoms. The average Bonchev–Trinajstić information content (AvgIpc) is 3.38. The summed E-state index contributed by atoms with van der Waals surface area (Å²) in [5.74, 6) is -0.712. The van der Waals surface area contributed by atoms with Crippen LogP contribution in [-0.4, -0.2) is 24.3 Å². The summed E-state index contributed by atoms with van der Waals surface area (Å²) in [6.07, 6.45) is 1.51. The van der Waals surface area contributed by atoms with Gasteiger partial charge in [0.1, 0.15) is 18.9 Å². The minimum absolute atomic E-state index is 0.00922. The van der Waals surface area contributed by atoms with Crippen LogP contribution in [0.5, 0.6) is 0 Å². The van der Waals surface area contributed by atoms with Crippen LogP contribution in [0.3, 0.4) is 0 Å². The maximum absolute atomic E-state index is 13.6. The van der Waals surface area contributed by atoms with E-state index in [9.17, 15) is 14.4 Å². The molecule has 7 nitrogen and oxygen atoms in total. The fourth-order valence-electron chi connectivity index (χ4n) is 3.80. The van der Waals surface area contributed by atoms with E-state index in [1.54, 1.807) is 42.5 Å². The van der Waals surface area contributed by atoms with Gasteiger partial charge in [0.25, 0.3) is 5.91 Å². The number of nitrogens with one attached hydrogen (secondary N) is 1. The van der Waals surface area contributed by atoms with Crippen LogP contribution in [0.25, 0.3) is 0 Å². The maximum Gasteiger partial charge on any atom is 0.338 e. The quantitative estimate of drug-likeness (QED) is 0.343. The van der Waals surface area contributed by atoms with Gasteiger partial charge in [-0.1, -0.05) is 41.6 Å². The van der Waals surface area contributed by atoms with Crippen molar-refractivity contribution in [3.05, 3.63) is 108 Å². The van der Waals surface area contributed by atoms with Crippen molar-refractivity contribution < 1.29 is 23.5 Å². The number of aryl methyl sites for hydroxylation is 1. The van der Waals surface area contributed by atoms with Crippen LogP contribution in [0.15, 0.2) is 99.3 Å². The van der Waals surface area contributed by atoms with E-state index >= 15 is 0 Å². The van der Waals surface area contributed by atoms with Crippen LogP contribution in [0.4, 0.5) is 11.4 Å². The number of rotatable bonds is 6. The number of ether oxygens (including phenoxy) is 1. The summed E-state index contributed by atoms with van der Waals surface area (Å²) in [7, 11) is 0. The molecule has 5 rings (SSSR count). The van der Waals surface area contributed by atoms with Gasteiger partial charge in [-0.15, -0.1) is 0 Å². The number of hydrogen-bond acceptors (Lipinski definition) is 6. The predicted molar refractivity (Wildman–Crippen MR) is 136 cm³/mol. The van der Waals surface area contributed by atoms with E-state index in [0.29, 0.717) is 22.7 Å². The van der Waals surface area contributed by atoms with E-state index < -0.39 is 5.97 Å². The Balaban J connectivity index is 1.45. The number of nitrogens with zero attached hydrogens (tertiary/aromatic N) is 1. The molecule has 2 heterocycles. The number of amides is 2. The Morgan fingerprint density at radius 1 is 0.972 bits per heavy atom. The molecule has 0 saturated heterocycles. The fraction of sp³-hybridized carbons (Fsp3) is 0.107. The monoisotopic (exact) mass is 498 g/mol. The van der Waals surface area contributed by atoms with Crippen LogP contribution in [0.2, 0.25) is 0 Å². The molecule has 8 heteroatoms. The summed E-state index contributed by atoms with van der Waals surface area (Å²) in [5, 5.41) is 2.84. The van der Waals surface area contributed by atoms with Crippen molar-refractivity contribution in [2.45, 2.75) is 23.3 Å². The van der Waals surface area contributed by atoms with Crippen LogP contribution in [0, 0.1) is 6.92 Å². The van der Waals surface area contributed by atoms with E-state index in [4.69, 9.17) is 9.15 Å². The Hall–Kier alpha value is -4.30. The van der Waals surface area contributed by atoms with E-state index in [1.165, 1.54) is 22.9 Å². The summed E-state index contributed by atoms with van der Waals surface area (Å²) >= 11 is 1.41. The minimum Gasteiger partial charge on any atom is -0.466 e. The molecular weight excluding hydrogens is 476 g/mol. The molecule has 1 aliphatic heterocycles. The van der Waals surface area contributed by atoms with Crippen molar-refractivity contribution in [3.63, 3.8) is 0 Å². The molecule has 1 aromatic heterocycles. The van der Waals surface area contributed by atoms with Crippen LogP contribution in [0.1, 0.15) is 32.0 Å². The first-order valence-corrected chi connectivity index (χ1v) is 12.1. The first-order valence-electron chi connectivity index (χ1n) is 11.3. The molecular formula is C28H22N2O5S. The van der Waals surface area contributed by atoms with Gasteiger partial charge in [-0.05, 0) is 61.5 Å². The standard InChI is InChI=1S/C28H22N2O5S/c1-18-8-11-20(12-9-18)29-26(31)16-30-23-15-19(28(33)35-17-21-5-4-14-34-21)10-13-25(23)36-24-7-3-2-6-22(24)27(30)32/h2-15H,16-17H2,1H3,(H,29,31). The van der Waals surface area contributed by atoms with E-state index in [1.807, 2.05) is 43.3 Å². The molecule has 0 unspecified atom stereocenters. The van der Waals surface area contributed by atoms with Crippen molar-refractivity contribution in [2.24, 2.45) is 0 Å². The second-order valence-electron chi connectivity index (χ2n) is 8.24. The van der Waals surface area contributed by atoms with Crippen LogP contribution in [-0.2, 0) is 16.1 Å². The van der Waals surface area contributed by atoms with E-state index in [-0.39, 0.29) is 30.5 Å². The molecule has 36 heavy (non-hydrogen) atoms. The zero-order chi connectivity index (χ0) is 25.1. The molecule has 0 aliphatic carbocycles. The Bertz CT molecular complexity index is 1430. The lowest BCUT2D eigenvalue weighted by Crippen LogP contribution is -2.38. The van der Waals surface area contributed by atoms with E-state index in [0.717, 1.165) is 15.4 Å². The van der Waals surface area contributed by atoms with Gasteiger partial charge in [0.2, 0.25) is 5.91 Å². The summed E-state index contributed by atoms with van der Waals surface area (Å²) in [4.78, 5) is 42.3. The van der Waals surface area contributed by atoms with Gasteiger partial charge >= 0.3 is 5.97 Å². The highest BCUT2D eigenvalue weighted by atomic mass is 32.2. The van der Waals surface area contributed by atoms with Crippen molar-refractivity contribution in [3.8, 4) is 0 Å². The molecule has 0 bridgehead atoms. The minimum atomic E-state index is -0.558. The van der Waals surface area contributed by atoms with Gasteiger partial charge in [0.15, 0.2) is 0 Å². The molecule has 2 amide bonds. The Morgan fingerprint density at radius 2 is 1.78 bits per heavy atom. The Labute approximate surface area is 212 Å². The van der Waals surface area contributed by atoms with E-state index in [2.05, 4.69) is 5.32 Å². The highest BCUT2D eigenvalue weighted by Crippen LogP contribution is 2.41. The number of furan rings is 1. The fourth-order valence-corrected chi connectivity index (χ4v) is 4.86. The second kappa shape index (κ2) is 10.1. The third-order valence-corrected chi connectivity index (χ3v) is 6.77. The SMILES string of the molecule is Cc1ccc(NC(=O)CN2C(=O)c3ccccc3Sc3ccc(C(=O)OCc4ccco4)cc32)cc1. The third-order valence-electron chi connectivity index (χ3n) is 5.63. The molecule has 180 valence electrons. The van der Waals surface area contributed by atoms with Gasteiger partial charge in [0, 0.05) is 15.5 Å². The van der Waals surface area contributed by atoms with Gasteiger partial charge in [-0.3, -0.25) is 14.5 Å². The van der Waals surface area contributed by atoms with Gasteiger partial charge in [-0.2, -0.15) is 0 Å². The van der Waals surface area contributed by atoms with Crippen LogP contribution >= 0.6 is 11.8 Å². The predicted octanol–water partition coefficient (Wildman–Crippen LogP) is 5.70. The van der Waals surface area contributed by atoms with Crippen molar-refractivity contribution in [2.75, 3.05) is 16.8 Å². The molecule has 1 aliphatic rings. The summed E-state index contributed by atoms with van der Waals surface area (Å²) in [6, 6.07) is 23.1. The molecule has 0 atom stereocenters. The van der Waals surface area contributed by atoms with Crippen molar-refractivity contribution in [1.29, 1.82) is 0 Å². The van der Waals surface area contributed by atoms with Gasteiger partial charge in [-0.25, -0.2) is 4.79 Å². The molecule has 0 radical (unpaired) electrons. The first-order chi connectivity index (χ1) is 17.5. The number of carbonyl (C=O) groups is 3. The number of carbonyl (C=O) groups excluding carboxylic acids is 3. The van der Waals surface area contributed by atoms with Gasteiger partial charge < -0.3 is 14.5 Å². The van der Waals surface area contributed by atoms with Crippen LogP contribution < -0.4 is 10.2 Å². The first kappa shape index (κ1) is 23.4. The normalized spacial score (nSPS) is 12.4. The highest BCUT2D eigenvalue weighted by Gasteiger charge is 2.29. The second-order valence-corrected chi connectivity index (χ2v) is 9.33. The van der Waals surface area contributed by atoms with Crippen molar-refractivity contribution >= 4 is 40.9 Å². The number of fused-ring (bicyclic) bond motifs is 2. The summed E-state index contributed by atoms with van der Waals surface area (Å²) in [6.45, 7) is 1.73. The Kier molecular flexibility index (Phi) is 6.60. The lowest BCUT2D eigenvalue weighted by molar-refractivity contribution is -0.114. The molecule has 0 saturated carbocycles. The smallest absolute Gasteiger partial charge is 0.338 e. The zero-order valence-corrected chi connectivity index (χ0v) is 20.2. The zero-order valence-electron chi connectivity index (χ0n) is 19.4. The lowest BCUT2D eigenvalue weighted by atomic mass is 10.1. The number of anilines is 2. The molecule has 4 aromatic rings. The molecule has 1 N–H and O–H groups in total. The lowest BCUT2D eigenvalue weighted by Gasteiger charge is -2.23. The Morgan fingerprint density at radius 3 is 2.56 bits per heavy atom. The third kappa shape index (κ3) is 5.04. The topological polar surface area (TPSA) is 88.9 Å². The highest BCUT2D eigenvalue weighted by molar-refractivity contribution is 7.99. The summed E-state index contributed by atoms with van der Waals surface area (Å²) in [5.41, 5.74) is 2.93. The maximum atomic E-state index is 13.6. The molecule has 0 fully saturated rings. The largest absolute Gasteiger partial charge is 0.466 e. The number of benzene rings is 3. The van der Waals surface area contributed by atoms with Crippen molar-refractivity contribution in [1.82, 2.24) is 0 Å². The average molecular weight is 499 g/mol. The van der Waals surface area contributed by atoms with Gasteiger partial charge in [0.05, 0.1) is 23.1 Å². The molecule has 3 aromatic carbocycles. The number of hydrogen-bond donors (Lipinski definition) is 1.